The summed E-state index contributed by atoms with van der Waals surface area (Å²) in [6.45, 7) is 0.448. The minimum atomic E-state index is 0.414. The van der Waals surface area contributed by atoms with Crippen LogP contribution in [0.5, 0.6) is 0 Å². The first kappa shape index (κ1) is 15.7. The molecule has 0 saturated heterocycles. The van der Waals surface area contributed by atoms with Gasteiger partial charge in [0, 0.05) is 35.9 Å². The zero-order chi connectivity index (χ0) is 17.9. The van der Waals surface area contributed by atoms with Gasteiger partial charge in [0.25, 0.3) is 0 Å². The summed E-state index contributed by atoms with van der Waals surface area (Å²) in [5, 5.41) is 15.6. The topological polar surface area (TPSA) is 93.3 Å². The van der Waals surface area contributed by atoms with Gasteiger partial charge in [0.05, 0.1) is 17.9 Å². The summed E-state index contributed by atoms with van der Waals surface area (Å²) >= 11 is 0. The Hall–Kier alpha value is -3.79. The van der Waals surface area contributed by atoms with Crippen molar-refractivity contribution in [1.82, 2.24) is 25.0 Å². The monoisotopic (exact) mass is 343 g/mol. The number of guanidine groups is 1. The summed E-state index contributed by atoms with van der Waals surface area (Å²) < 4.78 is 2.07. The zero-order valence-electron chi connectivity index (χ0n) is 14.2. The van der Waals surface area contributed by atoms with E-state index < -0.39 is 0 Å². The fourth-order valence-electron chi connectivity index (χ4n) is 3.07. The number of pyridine rings is 1. The van der Waals surface area contributed by atoms with Crippen molar-refractivity contribution >= 4 is 22.5 Å². The van der Waals surface area contributed by atoms with E-state index in [2.05, 4.69) is 49.3 Å². The van der Waals surface area contributed by atoms with Crippen molar-refractivity contribution in [2.45, 2.75) is 6.54 Å². The van der Waals surface area contributed by atoms with E-state index in [1.807, 2.05) is 36.8 Å². The van der Waals surface area contributed by atoms with Crippen molar-refractivity contribution in [3.63, 3.8) is 0 Å². The number of imidazole rings is 1. The fourth-order valence-corrected chi connectivity index (χ4v) is 3.07. The molecular formula is C19H17N7. The lowest BCUT2D eigenvalue weighted by Crippen LogP contribution is -2.34. The van der Waals surface area contributed by atoms with Crippen LogP contribution in [0.1, 0.15) is 5.69 Å². The Morgan fingerprint density at radius 2 is 2.23 bits per heavy atom. The predicted molar refractivity (Wildman–Crippen MR) is 101 cm³/mol. The van der Waals surface area contributed by atoms with Crippen molar-refractivity contribution < 1.29 is 0 Å². The van der Waals surface area contributed by atoms with Crippen molar-refractivity contribution in [1.29, 1.82) is 5.26 Å². The zero-order valence-corrected chi connectivity index (χ0v) is 14.2. The second-order valence-corrected chi connectivity index (χ2v) is 5.78. The number of rotatable bonds is 3. The molecule has 7 nitrogen and oxygen atoms in total. The third-order valence-electron chi connectivity index (χ3n) is 4.25. The minimum Gasteiger partial charge on any atom is -0.361 e. The number of benzene rings is 1. The molecule has 0 radical (unpaired) electrons. The quantitative estimate of drug-likeness (QED) is 0.231. The highest BCUT2D eigenvalue weighted by atomic mass is 15.2. The predicted octanol–water partition coefficient (Wildman–Crippen LogP) is 2.63. The molecule has 3 N–H and O–H groups in total. The number of nitriles is 1. The molecule has 7 heteroatoms. The Labute approximate surface area is 150 Å². The second kappa shape index (κ2) is 6.61. The van der Waals surface area contributed by atoms with Gasteiger partial charge in [-0.05, 0) is 30.3 Å². The van der Waals surface area contributed by atoms with Crippen molar-refractivity contribution in [2.24, 2.45) is 4.99 Å². The van der Waals surface area contributed by atoms with E-state index in [4.69, 9.17) is 10.2 Å². The Kier molecular flexibility index (Phi) is 4.00. The Balaban J connectivity index is 1.80. The second-order valence-electron chi connectivity index (χ2n) is 5.78. The maximum Gasteiger partial charge on any atom is 0.204 e. The van der Waals surface area contributed by atoms with Crippen LogP contribution in [0.3, 0.4) is 0 Å². The van der Waals surface area contributed by atoms with Gasteiger partial charge < -0.3 is 10.3 Å². The van der Waals surface area contributed by atoms with Crippen LogP contribution >= 0.6 is 0 Å². The highest BCUT2D eigenvalue weighted by Crippen LogP contribution is 2.28. The molecular weight excluding hydrogens is 326 g/mol. The van der Waals surface area contributed by atoms with Crippen LogP contribution in [-0.2, 0) is 6.54 Å². The highest BCUT2D eigenvalue weighted by molar-refractivity contribution is 5.85. The largest absolute Gasteiger partial charge is 0.361 e. The maximum absolute atomic E-state index is 8.79. The number of hydrogen-bond acceptors (Lipinski definition) is 3. The van der Waals surface area contributed by atoms with Crippen LogP contribution in [0.25, 0.3) is 27.8 Å². The molecule has 0 fully saturated rings. The van der Waals surface area contributed by atoms with E-state index in [9.17, 15) is 0 Å². The number of aliphatic imine (C=N–C) groups is 1. The number of fused-ring (bicyclic) bond motifs is 2. The smallest absolute Gasteiger partial charge is 0.204 e. The van der Waals surface area contributed by atoms with Crippen molar-refractivity contribution in [3.05, 3.63) is 60.6 Å². The normalized spacial score (nSPS) is 11.6. The number of H-pyrrole nitrogens is 1. The van der Waals surface area contributed by atoms with Crippen molar-refractivity contribution in [2.75, 3.05) is 7.05 Å². The Bertz CT molecular complexity index is 1140. The summed E-state index contributed by atoms with van der Waals surface area (Å²) in [7, 11) is 1.62. The molecule has 26 heavy (non-hydrogen) atoms. The van der Waals surface area contributed by atoms with Crippen LogP contribution in [0.15, 0.2) is 59.9 Å². The average Bonchev–Trinajstić information content (AvgIpc) is 3.28. The van der Waals surface area contributed by atoms with Gasteiger partial charge in [0.15, 0.2) is 6.19 Å². The molecule has 128 valence electrons. The molecule has 0 aliphatic carbocycles. The number of aromatic amines is 1. The molecule has 0 bridgehead atoms. The van der Waals surface area contributed by atoms with Gasteiger partial charge in [-0.1, -0.05) is 12.1 Å². The highest BCUT2D eigenvalue weighted by Gasteiger charge is 2.15. The van der Waals surface area contributed by atoms with Crippen LogP contribution in [0.2, 0.25) is 0 Å². The molecule has 0 aliphatic rings. The van der Waals surface area contributed by atoms with E-state index >= 15 is 0 Å². The molecule has 1 aromatic carbocycles. The van der Waals surface area contributed by atoms with E-state index in [0.717, 1.165) is 33.5 Å². The molecule has 4 aromatic rings. The van der Waals surface area contributed by atoms with Crippen LogP contribution in [-0.4, -0.2) is 27.4 Å². The average molecular weight is 343 g/mol. The Morgan fingerprint density at radius 1 is 1.31 bits per heavy atom. The van der Waals surface area contributed by atoms with Crippen LogP contribution in [0.4, 0.5) is 0 Å². The van der Waals surface area contributed by atoms with E-state index in [-0.39, 0.29) is 0 Å². The molecule has 0 unspecified atom stereocenters. The molecule has 4 rings (SSSR count). The summed E-state index contributed by atoms with van der Waals surface area (Å²) in [4.78, 5) is 12.0. The van der Waals surface area contributed by atoms with Gasteiger partial charge in [-0.3, -0.25) is 14.7 Å². The lowest BCUT2D eigenvalue weighted by molar-refractivity contribution is 0.858. The van der Waals surface area contributed by atoms with Crippen LogP contribution < -0.4 is 10.6 Å². The first-order chi connectivity index (χ1) is 12.8. The molecule has 3 heterocycles. The van der Waals surface area contributed by atoms with E-state index in [1.54, 1.807) is 7.05 Å². The number of aromatic nitrogens is 3. The summed E-state index contributed by atoms with van der Waals surface area (Å²) in [6, 6.07) is 14.3. The van der Waals surface area contributed by atoms with Gasteiger partial charge >= 0.3 is 0 Å². The maximum atomic E-state index is 8.79. The number of nitrogens with one attached hydrogen (secondary N) is 3. The van der Waals surface area contributed by atoms with Gasteiger partial charge in [0.2, 0.25) is 5.96 Å². The first-order valence-corrected chi connectivity index (χ1v) is 8.19. The first-order valence-electron chi connectivity index (χ1n) is 8.19. The lowest BCUT2D eigenvalue weighted by atomic mass is 10.1. The van der Waals surface area contributed by atoms with E-state index in [1.165, 1.54) is 0 Å². The molecule has 0 aliphatic heterocycles. The molecule has 0 atom stereocenters. The molecule has 0 saturated carbocycles. The van der Waals surface area contributed by atoms with Gasteiger partial charge in [-0.2, -0.15) is 5.26 Å². The van der Waals surface area contributed by atoms with Gasteiger partial charge in [-0.25, -0.2) is 4.98 Å². The molecule has 0 spiro atoms. The number of hydrogen-bond donors (Lipinski definition) is 3. The Morgan fingerprint density at radius 3 is 3.08 bits per heavy atom. The summed E-state index contributed by atoms with van der Waals surface area (Å²) in [5.74, 6) is 0.414. The number of nitrogens with zero attached hydrogens (tertiary/aromatic N) is 4. The lowest BCUT2D eigenvalue weighted by Gasteiger charge is -2.08. The third-order valence-corrected chi connectivity index (χ3v) is 4.25. The summed E-state index contributed by atoms with van der Waals surface area (Å²) in [5.41, 5.74) is 4.95. The molecule has 0 amide bonds. The SMILES string of the molecule is CN=C(NC#N)NCc1nc2ccccn2c1-c1ccc2[nH]ccc2c1. The third kappa shape index (κ3) is 2.74. The van der Waals surface area contributed by atoms with Gasteiger partial charge in [0.1, 0.15) is 5.65 Å². The summed E-state index contributed by atoms with van der Waals surface area (Å²) in [6.07, 6.45) is 5.81. The van der Waals surface area contributed by atoms with Gasteiger partial charge in [-0.15, -0.1) is 0 Å². The fraction of sp³-hybridized carbons (Fsp3) is 0.105. The van der Waals surface area contributed by atoms with Crippen molar-refractivity contribution in [3.8, 4) is 17.5 Å². The standard InChI is InChI=1S/C19H17N7/c1-21-19(24-12-20)23-11-16-18(26-9-3-2-4-17(26)25-16)14-5-6-15-13(10-14)7-8-22-15/h2-10,22H,11H2,1H3,(H2,21,23,24). The van der Waals surface area contributed by atoms with E-state index in [0.29, 0.717) is 12.5 Å². The van der Waals surface area contributed by atoms with Crippen LogP contribution in [0, 0.1) is 11.5 Å². The molecule has 3 aromatic heterocycles. The minimum absolute atomic E-state index is 0.414.